The summed E-state index contributed by atoms with van der Waals surface area (Å²) in [5.74, 6) is 1.84. The van der Waals surface area contributed by atoms with Crippen molar-refractivity contribution >= 4 is 5.69 Å². The Morgan fingerprint density at radius 2 is 2.19 bits per heavy atom. The molecule has 114 valence electrons. The molecule has 1 aromatic carbocycles. The molecule has 1 aromatic heterocycles. The van der Waals surface area contributed by atoms with Gasteiger partial charge in [-0.3, -0.25) is 0 Å². The third kappa shape index (κ3) is 4.48. The molecular formula is C16H24N4O. The predicted octanol–water partition coefficient (Wildman–Crippen LogP) is 3.48. The standard InChI is InChI=1S/C16H24N4O/c1-4-9-20-16(18-12-19-20)11-17-14-7-6-8-15(10-14)21-13(3)5-2/h6-8,10,12-13,17H,4-5,9,11H2,1-3H3. The summed E-state index contributed by atoms with van der Waals surface area (Å²) in [5.41, 5.74) is 1.03. The molecule has 0 aliphatic rings. The van der Waals surface area contributed by atoms with Crippen LogP contribution < -0.4 is 10.1 Å². The van der Waals surface area contributed by atoms with Crippen LogP contribution in [0.5, 0.6) is 5.75 Å². The molecule has 0 spiro atoms. The Balaban J connectivity index is 1.96. The van der Waals surface area contributed by atoms with Gasteiger partial charge >= 0.3 is 0 Å². The second-order valence-electron chi connectivity index (χ2n) is 5.12. The van der Waals surface area contributed by atoms with E-state index in [2.05, 4.69) is 36.2 Å². The minimum absolute atomic E-state index is 0.230. The summed E-state index contributed by atoms with van der Waals surface area (Å²) in [6.07, 6.45) is 3.88. The van der Waals surface area contributed by atoms with Crippen LogP contribution in [0.1, 0.15) is 39.4 Å². The van der Waals surface area contributed by atoms with Crippen molar-refractivity contribution in [3.05, 3.63) is 36.4 Å². The molecule has 0 saturated heterocycles. The van der Waals surface area contributed by atoms with Gasteiger partial charge < -0.3 is 10.1 Å². The van der Waals surface area contributed by atoms with E-state index in [4.69, 9.17) is 4.74 Å². The number of anilines is 1. The lowest BCUT2D eigenvalue weighted by Crippen LogP contribution is -2.11. The number of nitrogens with one attached hydrogen (secondary N) is 1. The van der Waals surface area contributed by atoms with Crippen molar-refractivity contribution in [3.63, 3.8) is 0 Å². The predicted molar refractivity (Wildman–Crippen MR) is 84.5 cm³/mol. The van der Waals surface area contributed by atoms with Gasteiger partial charge in [0, 0.05) is 18.3 Å². The van der Waals surface area contributed by atoms with Gasteiger partial charge in [0.15, 0.2) is 0 Å². The Kier molecular flexibility index (Phi) is 5.60. The van der Waals surface area contributed by atoms with Gasteiger partial charge in [-0.05, 0) is 31.9 Å². The first-order valence-corrected chi connectivity index (χ1v) is 7.60. The molecule has 0 fully saturated rings. The van der Waals surface area contributed by atoms with Crippen molar-refractivity contribution in [2.75, 3.05) is 5.32 Å². The van der Waals surface area contributed by atoms with Gasteiger partial charge in [-0.1, -0.05) is 19.9 Å². The van der Waals surface area contributed by atoms with Crippen LogP contribution in [0.4, 0.5) is 5.69 Å². The highest BCUT2D eigenvalue weighted by Gasteiger charge is 2.05. The molecule has 0 amide bonds. The number of aryl methyl sites for hydroxylation is 1. The molecule has 1 unspecified atom stereocenters. The molecule has 2 aromatic rings. The second kappa shape index (κ2) is 7.67. The average Bonchev–Trinajstić information content (AvgIpc) is 2.93. The third-order valence-electron chi connectivity index (χ3n) is 3.33. The van der Waals surface area contributed by atoms with Gasteiger partial charge in [0.25, 0.3) is 0 Å². The van der Waals surface area contributed by atoms with Gasteiger partial charge in [0.05, 0.1) is 12.6 Å². The Morgan fingerprint density at radius 3 is 2.95 bits per heavy atom. The molecular weight excluding hydrogens is 264 g/mol. The maximum absolute atomic E-state index is 5.83. The maximum Gasteiger partial charge on any atom is 0.146 e. The van der Waals surface area contributed by atoms with Crippen molar-refractivity contribution < 1.29 is 4.74 Å². The molecule has 0 aliphatic heterocycles. The molecule has 0 aliphatic carbocycles. The highest BCUT2D eigenvalue weighted by atomic mass is 16.5. The van der Waals surface area contributed by atoms with E-state index in [0.717, 1.165) is 36.6 Å². The van der Waals surface area contributed by atoms with E-state index < -0.39 is 0 Å². The van der Waals surface area contributed by atoms with Crippen molar-refractivity contribution in [3.8, 4) is 5.75 Å². The second-order valence-corrected chi connectivity index (χ2v) is 5.12. The fraction of sp³-hybridized carbons (Fsp3) is 0.500. The molecule has 5 nitrogen and oxygen atoms in total. The molecule has 2 rings (SSSR count). The van der Waals surface area contributed by atoms with Crippen LogP contribution in [0.3, 0.4) is 0 Å². The lowest BCUT2D eigenvalue weighted by atomic mass is 10.2. The number of benzene rings is 1. The summed E-state index contributed by atoms with van der Waals surface area (Å²) < 4.78 is 7.77. The zero-order valence-electron chi connectivity index (χ0n) is 13.0. The molecule has 1 heterocycles. The van der Waals surface area contributed by atoms with Crippen LogP contribution in [-0.2, 0) is 13.1 Å². The number of hydrogen-bond donors (Lipinski definition) is 1. The number of nitrogens with zero attached hydrogens (tertiary/aromatic N) is 3. The Bertz CT molecular complexity index is 553. The number of rotatable bonds is 8. The largest absolute Gasteiger partial charge is 0.491 e. The van der Waals surface area contributed by atoms with Gasteiger partial charge in [0.2, 0.25) is 0 Å². The zero-order chi connectivity index (χ0) is 15.1. The Hall–Kier alpha value is -2.04. The highest BCUT2D eigenvalue weighted by molar-refractivity contribution is 5.48. The first-order chi connectivity index (χ1) is 10.2. The number of hydrogen-bond acceptors (Lipinski definition) is 4. The van der Waals surface area contributed by atoms with Gasteiger partial charge in [0.1, 0.15) is 17.9 Å². The van der Waals surface area contributed by atoms with E-state index >= 15 is 0 Å². The van der Waals surface area contributed by atoms with Crippen molar-refractivity contribution in [2.45, 2.75) is 52.8 Å². The van der Waals surface area contributed by atoms with Crippen LogP contribution in [0, 0.1) is 0 Å². The Morgan fingerprint density at radius 1 is 1.33 bits per heavy atom. The summed E-state index contributed by atoms with van der Waals surface area (Å²) in [7, 11) is 0. The van der Waals surface area contributed by atoms with Crippen molar-refractivity contribution in [1.29, 1.82) is 0 Å². The smallest absolute Gasteiger partial charge is 0.146 e. The summed E-state index contributed by atoms with van der Waals surface area (Å²) in [5, 5.41) is 7.60. The van der Waals surface area contributed by atoms with E-state index in [0.29, 0.717) is 6.54 Å². The van der Waals surface area contributed by atoms with Crippen LogP contribution >= 0.6 is 0 Å². The highest BCUT2D eigenvalue weighted by Crippen LogP contribution is 2.19. The average molecular weight is 288 g/mol. The lowest BCUT2D eigenvalue weighted by Gasteiger charge is -2.14. The molecule has 1 N–H and O–H groups in total. The zero-order valence-corrected chi connectivity index (χ0v) is 13.0. The van der Waals surface area contributed by atoms with Gasteiger partial charge in [-0.25, -0.2) is 9.67 Å². The lowest BCUT2D eigenvalue weighted by molar-refractivity contribution is 0.217. The van der Waals surface area contributed by atoms with Crippen LogP contribution in [0.2, 0.25) is 0 Å². The monoisotopic (exact) mass is 288 g/mol. The summed E-state index contributed by atoms with van der Waals surface area (Å²) in [6, 6.07) is 8.03. The molecule has 0 radical (unpaired) electrons. The van der Waals surface area contributed by atoms with E-state index in [1.54, 1.807) is 6.33 Å². The molecule has 0 saturated carbocycles. The normalized spacial score (nSPS) is 12.1. The topological polar surface area (TPSA) is 52.0 Å². The third-order valence-corrected chi connectivity index (χ3v) is 3.33. The van der Waals surface area contributed by atoms with Crippen LogP contribution in [0.25, 0.3) is 0 Å². The summed E-state index contributed by atoms with van der Waals surface area (Å²) in [6.45, 7) is 7.89. The van der Waals surface area contributed by atoms with E-state index in [-0.39, 0.29) is 6.10 Å². The first-order valence-electron chi connectivity index (χ1n) is 7.60. The Labute approximate surface area is 126 Å². The SMILES string of the molecule is CCCn1ncnc1CNc1cccc(OC(C)CC)c1. The fourth-order valence-corrected chi connectivity index (χ4v) is 2.00. The molecule has 0 bridgehead atoms. The quantitative estimate of drug-likeness (QED) is 0.808. The summed E-state index contributed by atoms with van der Waals surface area (Å²) in [4.78, 5) is 4.29. The van der Waals surface area contributed by atoms with Gasteiger partial charge in [-0.15, -0.1) is 0 Å². The fourth-order valence-electron chi connectivity index (χ4n) is 2.00. The number of aromatic nitrogens is 3. The minimum atomic E-state index is 0.230. The van der Waals surface area contributed by atoms with Crippen molar-refractivity contribution in [1.82, 2.24) is 14.8 Å². The van der Waals surface area contributed by atoms with E-state index in [1.165, 1.54) is 0 Å². The molecule has 5 heteroatoms. The van der Waals surface area contributed by atoms with Crippen molar-refractivity contribution in [2.24, 2.45) is 0 Å². The van der Waals surface area contributed by atoms with E-state index in [9.17, 15) is 0 Å². The molecule has 1 atom stereocenters. The van der Waals surface area contributed by atoms with Crippen LogP contribution in [-0.4, -0.2) is 20.9 Å². The maximum atomic E-state index is 5.83. The first kappa shape index (κ1) is 15.4. The van der Waals surface area contributed by atoms with E-state index in [1.807, 2.05) is 28.9 Å². The molecule has 21 heavy (non-hydrogen) atoms. The number of ether oxygens (including phenoxy) is 1. The van der Waals surface area contributed by atoms with Crippen LogP contribution in [0.15, 0.2) is 30.6 Å². The summed E-state index contributed by atoms with van der Waals surface area (Å²) >= 11 is 0. The minimum Gasteiger partial charge on any atom is -0.491 e. The van der Waals surface area contributed by atoms with Gasteiger partial charge in [-0.2, -0.15) is 5.10 Å².